The SMILES string of the molecule is C=CCc1cc(C2C3=C(CCCC3=O)N(C)C3=C2C(=O)CCC3)cc(OCC)c1OCc1cccc2ccccc12. The molecular formula is C36H37NO4. The molecule has 3 aliphatic rings. The number of rotatable bonds is 8. The molecular weight excluding hydrogens is 510 g/mol. The zero-order valence-corrected chi connectivity index (χ0v) is 24.0. The Balaban J connectivity index is 1.47. The summed E-state index contributed by atoms with van der Waals surface area (Å²) in [6, 6.07) is 18.7. The Morgan fingerprint density at radius 1 is 0.878 bits per heavy atom. The van der Waals surface area contributed by atoms with Gasteiger partial charge in [0.15, 0.2) is 23.1 Å². The van der Waals surface area contributed by atoms with Crippen molar-refractivity contribution in [2.75, 3.05) is 13.7 Å². The quantitative estimate of drug-likeness (QED) is 0.272. The van der Waals surface area contributed by atoms with Crippen LogP contribution in [0, 0.1) is 0 Å². The van der Waals surface area contributed by atoms with E-state index in [1.807, 2.05) is 38.2 Å². The molecule has 0 saturated heterocycles. The number of hydrogen-bond acceptors (Lipinski definition) is 5. The van der Waals surface area contributed by atoms with Gasteiger partial charge in [-0.15, -0.1) is 6.58 Å². The second-order valence-electron chi connectivity index (χ2n) is 11.1. The Bertz CT molecular complexity index is 1560. The standard InChI is InChI=1S/C36H37NO4/c1-4-11-24-20-26(33-34-28(16-9-18-30(34)38)37(3)29-17-10-19-31(39)35(29)33)21-32(40-5-2)36(24)41-22-25-14-8-13-23-12-6-7-15-27(23)25/h4,6-8,12-15,20-21,33H,1,5,9-11,16-19,22H2,2-3H3. The molecule has 0 spiro atoms. The topological polar surface area (TPSA) is 55.8 Å². The van der Waals surface area contributed by atoms with Crippen LogP contribution in [0.1, 0.15) is 68.1 Å². The number of ether oxygens (including phenoxy) is 2. The van der Waals surface area contributed by atoms with E-state index in [4.69, 9.17) is 9.47 Å². The fraction of sp³-hybridized carbons (Fsp3) is 0.333. The highest BCUT2D eigenvalue weighted by Crippen LogP contribution is 2.50. The monoisotopic (exact) mass is 547 g/mol. The Labute approximate surface area is 242 Å². The van der Waals surface area contributed by atoms with Crippen molar-refractivity contribution in [3.63, 3.8) is 0 Å². The molecule has 210 valence electrons. The van der Waals surface area contributed by atoms with Crippen LogP contribution >= 0.6 is 0 Å². The number of ketones is 2. The van der Waals surface area contributed by atoms with Gasteiger partial charge in [-0.3, -0.25) is 9.59 Å². The molecule has 2 aliphatic carbocycles. The van der Waals surface area contributed by atoms with Gasteiger partial charge < -0.3 is 14.4 Å². The van der Waals surface area contributed by atoms with Crippen LogP contribution in [0.4, 0.5) is 0 Å². The van der Waals surface area contributed by atoms with Crippen molar-refractivity contribution in [3.8, 4) is 11.5 Å². The van der Waals surface area contributed by atoms with Crippen molar-refractivity contribution >= 4 is 22.3 Å². The van der Waals surface area contributed by atoms with Crippen LogP contribution in [0.25, 0.3) is 10.8 Å². The predicted octanol–water partition coefficient (Wildman–Crippen LogP) is 7.59. The first kappa shape index (κ1) is 27.1. The minimum absolute atomic E-state index is 0.146. The number of fused-ring (bicyclic) bond motifs is 1. The number of nitrogens with zero attached hydrogens (tertiary/aromatic N) is 1. The molecule has 0 amide bonds. The predicted molar refractivity (Wildman–Crippen MR) is 162 cm³/mol. The minimum atomic E-state index is -0.383. The van der Waals surface area contributed by atoms with Crippen LogP contribution in [0.5, 0.6) is 11.5 Å². The number of hydrogen-bond donors (Lipinski definition) is 0. The van der Waals surface area contributed by atoms with Crippen molar-refractivity contribution in [1.82, 2.24) is 4.90 Å². The molecule has 0 fully saturated rings. The third kappa shape index (κ3) is 4.88. The van der Waals surface area contributed by atoms with Gasteiger partial charge in [0.25, 0.3) is 0 Å². The van der Waals surface area contributed by atoms with Gasteiger partial charge in [0.2, 0.25) is 0 Å². The third-order valence-corrected chi connectivity index (χ3v) is 8.65. The number of carbonyl (C=O) groups excluding carboxylic acids is 2. The van der Waals surface area contributed by atoms with E-state index in [0.717, 1.165) is 70.3 Å². The maximum Gasteiger partial charge on any atom is 0.165 e. The summed E-state index contributed by atoms with van der Waals surface area (Å²) < 4.78 is 12.8. The molecule has 0 aromatic heterocycles. The lowest BCUT2D eigenvalue weighted by Gasteiger charge is -2.42. The summed E-state index contributed by atoms with van der Waals surface area (Å²) in [4.78, 5) is 29.2. The van der Waals surface area contributed by atoms with Crippen LogP contribution in [-0.2, 0) is 22.6 Å². The molecule has 3 aromatic carbocycles. The maximum atomic E-state index is 13.5. The van der Waals surface area contributed by atoms with Gasteiger partial charge in [0.1, 0.15) is 6.61 Å². The van der Waals surface area contributed by atoms with E-state index < -0.39 is 0 Å². The normalized spacial score (nSPS) is 17.6. The van der Waals surface area contributed by atoms with E-state index in [-0.39, 0.29) is 17.5 Å². The molecule has 0 saturated carbocycles. The van der Waals surface area contributed by atoms with Crippen molar-refractivity contribution < 1.29 is 19.1 Å². The van der Waals surface area contributed by atoms with Crippen LogP contribution in [0.15, 0.2) is 89.8 Å². The zero-order chi connectivity index (χ0) is 28.5. The van der Waals surface area contributed by atoms with Gasteiger partial charge in [-0.1, -0.05) is 54.6 Å². The first-order valence-corrected chi connectivity index (χ1v) is 14.8. The molecule has 0 bridgehead atoms. The second kappa shape index (κ2) is 11.4. The van der Waals surface area contributed by atoms with E-state index in [1.165, 1.54) is 5.39 Å². The molecule has 41 heavy (non-hydrogen) atoms. The molecule has 1 aliphatic heterocycles. The van der Waals surface area contributed by atoms with Gasteiger partial charge in [-0.05, 0) is 67.0 Å². The van der Waals surface area contributed by atoms with Crippen LogP contribution in [0.2, 0.25) is 0 Å². The van der Waals surface area contributed by atoms with Crippen LogP contribution < -0.4 is 9.47 Å². The highest BCUT2D eigenvalue weighted by atomic mass is 16.5. The van der Waals surface area contributed by atoms with Crippen molar-refractivity contribution in [3.05, 3.63) is 106 Å². The van der Waals surface area contributed by atoms with E-state index >= 15 is 0 Å². The van der Waals surface area contributed by atoms with Crippen LogP contribution in [0.3, 0.4) is 0 Å². The summed E-state index contributed by atoms with van der Waals surface area (Å²) in [5, 5.41) is 2.33. The second-order valence-corrected chi connectivity index (χ2v) is 11.1. The summed E-state index contributed by atoms with van der Waals surface area (Å²) in [6.45, 7) is 6.82. The Morgan fingerprint density at radius 2 is 1.56 bits per heavy atom. The van der Waals surface area contributed by atoms with Crippen molar-refractivity contribution in [2.45, 2.75) is 64.4 Å². The number of Topliss-reactive ketones (excluding diaryl/α,β-unsaturated/α-hetero) is 2. The Hall–Kier alpha value is -4.12. The summed E-state index contributed by atoms with van der Waals surface area (Å²) in [6.07, 6.45) is 6.86. The lowest BCUT2D eigenvalue weighted by molar-refractivity contribution is -0.117. The van der Waals surface area contributed by atoms with E-state index in [2.05, 4.69) is 47.9 Å². The smallest absolute Gasteiger partial charge is 0.165 e. The average molecular weight is 548 g/mol. The molecule has 0 radical (unpaired) electrons. The van der Waals surface area contributed by atoms with Crippen molar-refractivity contribution in [2.24, 2.45) is 0 Å². The fourth-order valence-electron chi connectivity index (χ4n) is 6.84. The molecule has 0 unspecified atom stereocenters. The molecule has 6 rings (SSSR count). The largest absolute Gasteiger partial charge is 0.490 e. The highest BCUT2D eigenvalue weighted by Gasteiger charge is 2.42. The molecule has 3 aromatic rings. The molecule has 0 N–H and O–H groups in total. The van der Waals surface area contributed by atoms with Crippen LogP contribution in [-0.4, -0.2) is 30.1 Å². The first-order chi connectivity index (χ1) is 20.0. The van der Waals surface area contributed by atoms with Gasteiger partial charge in [-0.2, -0.15) is 0 Å². The van der Waals surface area contributed by atoms with Gasteiger partial charge in [0.05, 0.1) is 6.61 Å². The number of allylic oxidation sites excluding steroid dienone is 5. The molecule has 5 heteroatoms. The Morgan fingerprint density at radius 3 is 2.24 bits per heavy atom. The number of benzene rings is 3. The van der Waals surface area contributed by atoms with Gasteiger partial charge in [0, 0.05) is 53.9 Å². The maximum absolute atomic E-state index is 13.5. The van der Waals surface area contributed by atoms with E-state index in [1.54, 1.807) is 0 Å². The summed E-state index contributed by atoms with van der Waals surface area (Å²) >= 11 is 0. The molecule has 1 heterocycles. The Kier molecular flexibility index (Phi) is 7.53. The molecule has 0 atom stereocenters. The zero-order valence-electron chi connectivity index (χ0n) is 24.0. The van der Waals surface area contributed by atoms with Gasteiger partial charge >= 0.3 is 0 Å². The summed E-state index contributed by atoms with van der Waals surface area (Å²) in [5.74, 6) is 1.23. The molecule has 5 nitrogen and oxygen atoms in total. The highest BCUT2D eigenvalue weighted by molar-refractivity contribution is 6.06. The third-order valence-electron chi connectivity index (χ3n) is 8.65. The first-order valence-electron chi connectivity index (χ1n) is 14.8. The summed E-state index contributed by atoms with van der Waals surface area (Å²) in [5.41, 5.74) is 6.66. The minimum Gasteiger partial charge on any atom is -0.490 e. The van der Waals surface area contributed by atoms with E-state index in [0.29, 0.717) is 44.0 Å². The van der Waals surface area contributed by atoms with Crippen molar-refractivity contribution in [1.29, 1.82) is 0 Å². The lowest BCUT2D eigenvalue weighted by atomic mass is 9.71. The van der Waals surface area contributed by atoms with Gasteiger partial charge in [-0.25, -0.2) is 0 Å². The fourth-order valence-corrected chi connectivity index (χ4v) is 6.84. The number of carbonyl (C=O) groups is 2. The summed E-state index contributed by atoms with van der Waals surface area (Å²) in [7, 11) is 2.02. The van der Waals surface area contributed by atoms with E-state index in [9.17, 15) is 9.59 Å². The average Bonchev–Trinajstić information content (AvgIpc) is 2.98. The lowest BCUT2D eigenvalue weighted by Crippen LogP contribution is -2.37.